The third kappa shape index (κ3) is 4.10. The summed E-state index contributed by atoms with van der Waals surface area (Å²) in [4.78, 5) is 17.9. The van der Waals surface area contributed by atoms with E-state index in [0.29, 0.717) is 34.7 Å². The number of halogens is 3. The first-order valence-corrected chi connectivity index (χ1v) is 12.0. The number of fused-ring (bicyclic) bond motifs is 1. The fourth-order valence-electron chi connectivity index (χ4n) is 4.99. The van der Waals surface area contributed by atoms with Gasteiger partial charge in [0.15, 0.2) is 0 Å². The molecule has 1 amide bonds. The Balaban J connectivity index is 1.45. The number of piperazine rings is 1. The van der Waals surface area contributed by atoms with Crippen LogP contribution in [0.25, 0.3) is 0 Å². The number of hydrogen-bond donors (Lipinski definition) is 0. The summed E-state index contributed by atoms with van der Waals surface area (Å²) in [7, 11) is 0. The molecule has 2 aliphatic rings. The monoisotopic (exact) mass is 484 g/mol. The van der Waals surface area contributed by atoms with Crippen LogP contribution in [0.15, 0.2) is 66.7 Å². The number of carbonyl (C=O) groups excluding carboxylic acids is 1. The van der Waals surface area contributed by atoms with Gasteiger partial charge in [-0.3, -0.25) is 4.79 Å². The Hall–Kier alpha value is -2.20. The number of rotatable bonds is 3. The zero-order valence-electron chi connectivity index (χ0n) is 17.5. The van der Waals surface area contributed by atoms with Crippen LogP contribution in [-0.2, 0) is 11.2 Å². The summed E-state index contributed by atoms with van der Waals surface area (Å²) >= 11 is 18.9. The van der Waals surface area contributed by atoms with Gasteiger partial charge in [0.25, 0.3) is 0 Å². The van der Waals surface area contributed by atoms with Gasteiger partial charge in [-0.15, -0.1) is 0 Å². The van der Waals surface area contributed by atoms with Crippen molar-refractivity contribution in [2.24, 2.45) is 0 Å². The minimum Gasteiger partial charge on any atom is -0.360 e. The van der Waals surface area contributed by atoms with Crippen LogP contribution in [-0.4, -0.2) is 30.4 Å². The van der Waals surface area contributed by atoms with Crippen molar-refractivity contribution in [3.8, 4) is 0 Å². The van der Waals surface area contributed by atoms with Crippen molar-refractivity contribution in [3.05, 3.63) is 98.5 Å². The summed E-state index contributed by atoms with van der Waals surface area (Å²) in [6, 6.07) is 21.7. The highest BCUT2D eigenvalue weighted by Crippen LogP contribution is 2.39. The Morgan fingerprint density at radius 2 is 1.62 bits per heavy atom. The molecule has 0 radical (unpaired) electrons. The molecular weight excluding hydrogens is 463 g/mol. The van der Waals surface area contributed by atoms with Crippen LogP contribution >= 0.6 is 34.8 Å². The lowest BCUT2D eigenvalue weighted by atomic mass is 9.97. The van der Waals surface area contributed by atoms with E-state index in [9.17, 15) is 4.79 Å². The highest BCUT2D eigenvalue weighted by Gasteiger charge is 2.37. The lowest BCUT2D eigenvalue weighted by Crippen LogP contribution is -2.51. The minimum absolute atomic E-state index is 0.0275. The molecular formula is C26H23Cl3N2O. The van der Waals surface area contributed by atoms with E-state index in [0.717, 1.165) is 24.1 Å². The molecule has 32 heavy (non-hydrogen) atoms. The minimum atomic E-state index is -0.0530. The van der Waals surface area contributed by atoms with Crippen molar-refractivity contribution in [2.75, 3.05) is 24.5 Å². The predicted octanol–water partition coefficient (Wildman–Crippen LogP) is 6.77. The zero-order chi connectivity index (χ0) is 22.2. The number of aryl methyl sites for hydroxylation is 1. The van der Waals surface area contributed by atoms with E-state index in [1.54, 1.807) is 6.07 Å². The average molecular weight is 486 g/mol. The second kappa shape index (κ2) is 8.97. The molecule has 5 rings (SSSR count). The van der Waals surface area contributed by atoms with Crippen molar-refractivity contribution < 1.29 is 4.79 Å². The van der Waals surface area contributed by atoms with Gasteiger partial charge in [0.1, 0.15) is 0 Å². The number of amides is 1. The van der Waals surface area contributed by atoms with Crippen LogP contribution in [0.5, 0.6) is 0 Å². The topological polar surface area (TPSA) is 23.6 Å². The van der Waals surface area contributed by atoms with Crippen molar-refractivity contribution in [2.45, 2.75) is 24.8 Å². The van der Waals surface area contributed by atoms with Crippen molar-refractivity contribution >= 4 is 46.4 Å². The quantitative estimate of drug-likeness (QED) is 0.409. The molecule has 2 unspecified atom stereocenters. The molecule has 0 spiro atoms. The fourth-order valence-corrected chi connectivity index (χ4v) is 5.63. The Kier molecular flexibility index (Phi) is 6.07. The van der Waals surface area contributed by atoms with Crippen LogP contribution in [0.3, 0.4) is 0 Å². The van der Waals surface area contributed by atoms with Gasteiger partial charge in [-0.05, 0) is 59.9 Å². The highest BCUT2D eigenvalue weighted by atomic mass is 35.5. The lowest BCUT2D eigenvalue weighted by molar-refractivity contribution is -0.133. The van der Waals surface area contributed by atoms with E-state index < -0.39 is 0 Å². The molecule has 0 N–H and O–H groups in total. The highest BCUT2D eigenvalue weighted by molar-refractivity contribution is 6.36. The lowest BCUT2D eigenvalue weighted by Gasteiger charge is -2.44. The van der Waals surface area contributed by atoms with Crippen LogP contribution in [0.4, 0.5) is 5.69 Å². The normalized spacial score (nSPS) is 20.3. The molecule has 3 nitrogen and oxygen atoms in total. The molecule has 0 aromatic heterocycles. The summed E-state index contributed by atoms with van der Waals surface area (Å²) in [6.07, 6.45) is 1.85. The average Bonchev–Trinajstić information content (AvgIpc) is 3.23. The summed E-state index contributed by atoms with van der Waals surface area (Å²) in [5.41, 5.74) is 4.51. The van der Waals surface area contributed by atoms with Crippen LogP contribution in [0, 0.1) is 0 Å². The Labute approximate surface area is 203 Å². The number of nitrogens with zero attached hydrogens (tertiary/aromatic N) is 2. The molecule has 2 atom stereocenters. The maximum absolute atomic E-state index is 13.6. The molecule has 0 bridgehead atoms. The maximum Gasteiger partial charge on any atom is 0.230 e. The van der Waals surface area contributed by atoms with E-state index in [-0.39, 0.29) is 17.9 Å². The molecule has 1 saturated heterocycles. The van der Waals surface area contributed by atoms with Crippen molar-refractivity contribution in [1.82, 2.24) is 4.90 Å². The predicted molar refractivity (Wildman–Crippen MR) is 132 cm³/mol. The van der Waals surface area contributed by atoms with Gasteiger partial charge in [0.2, 0.25) is 5.91 Å². The molecule has 1 aliphatic heterocycles. The Morgan fingerprint density at radius 3 is 2.41 bits per heavy atom. The van der Waals surface area contributed by atoms with Crippen molar-refractivity contribution in [1.29, 1.82) is 0 Å². The number of anilines is 1. The van der Waals surface area contributed by atoms with Gasteiger partial charge >= 0.3 is 0 Å². The van der Waals surface area contributed by atoms with Gasteiger partial charge in [-0.2, -0.15) is 0 Å². The van der Waals surface area contributed by atoms with Gasteiger partial charge in [-0.1, -0.05) is 71.2 Å². The molecule has 1 fully saturated rings. The Bertz CT molecular complexity index is 1150. The second-order valence-electron chi connectivity index (χ2n) is 8.43. The van der Waals surface area contributed by atoms with Gasteiger partial charge in [-0.25, -0.2) is 0 Å². The van der Waals surface area contributed by atoms with Gasteiger partial charge < -0.3 is 9.80 Å². The van der Waals surface area contributed by atoms with E-state index >= 15 is 0 Å². The van der Waals surface area contributed by atoms with E-state index in [2.05, 4.69) is 23.1 Å². The van der Waals surface area contributed by atoms with Gasteiger partial charge in [0, 0.05) is 29.7 Å². The second-order valence-corrected chi connectivity index (χ2v) is 9.71. The first kappa shape index (κ1) is 21.6. The summed E-state index contributed by atoms with van der Waals surface area (Å²) in [5.74, 6) is 0.165. The first-order valence-electron chi connectivity index (χ1n) is 10.8. The van der Waals surface area contributed by atoms with E-state index in [1.807, 2.05) is 47.4 Å². The van der Waals surface area contributed by atoms with Crippen LogP contribution in [0.1, 0.15) is 35.1 Å². The number of benzene rings is 3. The van der Waals surface area contributed by atoms with E-state index in [1.165, 1.54) is 11.1 Å². The van der Waals surface area contributed by atoms with Crippen molar-refractivity contribution in [3.63, 3.8) is 0 Å². The molecule has 6 heteroatoms. The summed E-state index contributed by atoms with van der Waals surface area (Å²) in [5, 5.41) is 1.91. The SMILES string of the molecule is O=C(C1CCc2ccccc21)N1CCN(c2ccc(Cl)cc2Cl)C(c2ccc(Cl)cc2)C1. The third-order valence-electron chi connectivity index (χ3n) is 6.60. The van der Waals surface area contributed by atoms with Crippen LogP contribution in [0.2, 0.25) is 15.1 Å². The molecule has 3 aromatic rings. The number of hydrogen-bond acceptors (Lipinski definition) is 2. The standard InChI is InChI=1S/C26H23Cl3N2O/c27-19-8-5-18(6-9-19)25-16-30(13-14-31(25)24-12-10-20(28)15-23(24)29)26(32)22-11-7-17-3-1-2-4-21(17)22/h1-6,8-10,12,15,22,25H,7,11,13-14,16H2. The summed E-state index contributed by atoms with van der Waals surface area (Å²) in [6.45, 7) is 1.94. The van der Waals surface area contributed by atoms with E-state index in [4.69, 9.17) is 34.8 Å². The smallest absolute Gasteiger partial charge is 0.230 e. The molecule has 0 saturated carbocycles. The Morgan fingerprint density at radius 1 is 0.875 bits per heavy atom. The first-order chi connectivity index (χ1) is 15.5. The molecule has 1 heterocycles. The number of carbonyl (C=O) groups is 1. The molecule has 164 valence electrons. The molecule has 3 aromatic carbocycles. The zero-order valence-corrected chi connectivity index (χ0v) is 19.7. The third-order valence-corrected chi connectivity index (χ3v) is 7.39. The van der Waals surface area contributed by atoms with Gasteiger partial charge in [0.05, 0.1) is 22.7 Å². The largest absolute Gasteiger partial charge is 0.360 e. The summed E-state index contributed by atoms with van der Waals surface area (Å²) < 4.78 is 0. The maximum atomic E-state index is 13.6. The fraction of sp³-hybridized carbons (Fsp3) is 0.269. The van der Waals surface area contributed by atoms with Crippen LogP contribution < -0.4 is 4.90 Å². The molecule has 1 aliphatic carbocycles.